The highest BCUT2D eigenvalue weighted by Gasteiger charge is 2.34. The zero-order valence-corrected chi connectivity index (χ0v) is 16.8. The van der Waals surface area contributed by atoms with Crippen molar-refractivity contribution < 1.29 is 13.9 Å². The smallest absolute Gasteiger partial charge is 0.137 e. The molecule has 0 radical (unpaired) electrons. The topological polar surface area (TPSA) is 54.2 Å². The summed E-state index contributed by atoms with van der Waals surface area (Å²) in [6.45, 7) is 0.688. The Morgan fingerprint density at radius 2 is 1.93 bits per heavy atom. The first-order valence-corrected chi connectivity index (χ1v) is 9.37. The van der Waals surface area contributed by atoms with E-state index in [1.54, 1.807) is 0 Å². The highest BCUT2D eigenvalue weighted by molar-refractivity contribution is 14.1. The Kier molecular flexibility index (Phi) is 6.18. The van der Waals surface area contributed by atoms with E-state index in [9.17, 15) is 13.9 Å². The lowest BCUT2D eigenvalue weighted by atomic mass is 9.92. The summed E-state index contributed by atoms with van der Waals surface area (Å²) in [5.41, 5.74) is -0.516. The van der Waals surface area contributed by atoms with Gasteiger partial charge in [0.05, 0.1) is 6.54 Å². The fourth-order valence-electron chi connectivity index (χ4n) is 3.07. The van der Waals surface area contributed by atoms with Crippen molar-refractivity contribution in [3.8, 4) is 0 Å². The molecule has 142 valence electrons. The first-order chi connectivity index (χ1) is 12.9. The summed E-state index contributed by atoms with van der Waals surface area (Å²) >= 11 is 2.24. The average Bonchev–Trinajstić information content (AvgIpc) is 3.09. The molecular weight excluding hydrogens is 465 g/mol. The van der Waals surface area contributed by atoms with Gasteiger partial charge in [0.1, 0.15) is 29.9 Å². The summed E-state index contributed by atoms with van der Waals surface area (Å²) in [4.78, 5) is 5.76. The number of rotatable bonds is 7. The van der Waals surface area contributed by atoms with E-state index in [1.165, 1.54) is 23.4 Å². The number of aromatic nitrogens is 3. The lowest BCUT2D eigenvalue weighted by molar-refractivity contribution is -0.0175. The first kappa shape index (κ1) is 19.8. The zero-order valence-electron chi connectivity index (χ0n) is 14.7. The number of hydrogen-bond donors (Lipinski definition) is 1. The Balaban J connectivity index is 1.85. The van der Waals surface area contributed by atoms with Crippen LogP contribution in [0.5, 0.6) is 0 Å². The van der Waals surface area contributed by atoms with E-state index in [1.807, 2.05) is 36.2 Å². The van der Waals surface area contributed by atoms with E-state index in [4.69, 9.17) is 0 Å². The number of hydrogen-bond acceptors (Lipinski definition) is 4. The molecule has 3 aromatic rings. The summed E-state index contributed by atoms with van der Waals surface area (Å²) in [6.07, 6.45) is 2.79. The van der Waals surface area contributed by atoms with Crippen molar-refractivity contribution in [1.29, 1.82) is 0 Å². The van der Waals surface area contributed by atoms with Crippen LogP contribution >= 0.6 is 22.6 Å². The van der Waals surface area contributed by atoms with Crippen molar-refractivity contribution >= 4 is 22.6 Å². The minimum Gasteiger partial charge on any atom is -0.382 e. The van der Waals surface area contributed by atoms with Crippen LogP contribution in [-0.2, 0) is 18.7 Å². The average molecular weight is 484 g/mol. The molecule has 1 atom stereocenters. The molecule has 1 heterocycles. The van der Waals surface area contributed by atoms with Crippen LogP contribution in [0.1, 0.15) is 11.1 Å². The van der Waals surface area contributed by atoms with Gasteiger partial charge in [-0.1, -0.05) is 18.2 Å². The normalized spacial score (nSPS) is 13.7. The second-order valence-corrected chi connectivity index (χ2v) is 7.79. The Labute approximate surface area is 169 Å². The number of nitrogens with zero attached hydrogens (tertiary/aromatic N) is 4. The second-order valence-electron chi connectivity index (χ2n) is 6.55. The number of halogens is 3. The molecule has 1 aromatic heterocycles. The van der Waals surface area contributed by atoms with Gasteiger partial charge in [0.2, 0.25) is 0 Å². The molecule has 0 spiro atoms. The molecule has 5 nitrogen and oxygen atoms in total. The van der Waals surface area contributed by atoms with Crippen molar-refractivity contribution in [1.82, 2.24) is 19.7 Å². The maximum atomic E-state index is 14.4. The number of aliphatic hydroxyl groups is 1. The molecule has 0 aliphatic heterocycles. The Morgan fingerprint density at radius 3 is 2.56 bits per heavy atom. The van der Waals surface area contributed by atoms with E-state index in [2.05, 4.69) is 32.7 Å². The number of benzene rings is 2. The van der Waals surface area contributed by atoms with Gasteiger partial charge in [-0.3, -0.25) is 4.90 Å². The monoisotopic (exact) mass is 484 g/mol. The van der Waals surface area contributed by atoms with Crippen molar-refractivity contribution in [3.63, 3.8) is 0 Å². The molecule has 0 unspecified atom stereocenters. The molecule has 3 rings (SSSR count). The van der Waals surface area contributed by atoms with Gasteiger partial charge in [-0.05, 0) is 53.4 Å². The Hall–Kier alpha value is -1.91. The van der Waals surface area contributed by atoms with Crippen LogP contribution in [-0.4, -0.2) is 38.4 Å². The second kappa shape index (κ2) is 8.41. The SMILES string of the molecule is CN(Cc1ccc(I)cc1)C[C@](O)(Cn1cncn1)c1ccc(F)cc1F. The predicted octanol–water partition coefficient (Wildman–Crippen LogP) is 3.18. The fourth-order valence-corrected chi connectivity index (χ4v) is 3.43. The van der Waals surface area contributed by atoms with Gasteiger partial charge in [0.15, 0.2) is 0 Å². The highest BCUT2D eigenvalue weighted by atomic mass is 127. The highest BCUT2D eigenvalue weighted by Crippen LogP contribution is 2.28. The minimum atomic E-state index is -1.61. The first-order valence-electron chi connectivity index (χ1n) is 8.29. The maximum absolute atomic E-state index is 14.4. The fraction of sp³-hybridized carbons (Fsp3) is 0.263. The van der Waals surface area contributed by atoms with Gasteiger partial charge in [0, 0.05) is 28.3 Å². The van der Waals surface area contributed by atoms with Gasteiger partial charge < -0.3 is 5.11 Å². The molecule has 0 fully saturated rings. The lowest BCUT2D eigenvalue weighted by Gasteiger charge is -2.33. The predicted molar refractivity (Wildman–Crippen MR) is 106 cm³/mol. The molecular formula is C19H19F2IN4O. The summed E-state index contributed by atoms with van der Waals surface area (Å²) < 4.78 is 30.3. The molecule has 0 saturated heterocycles. The van der Waals surface area contributed by atoms with Gasteiger partial charge in [-0.25, -0.2) is 18.4 Å². The molecule has 0 saturated carbocycles. The summed E-state index contributed by atoms with van der Waals surface area (Å²) in [5.74, 6) is -1.48. The van der Waals surface area contributed by atoms with E-state index < -0.39 is 17.2 Å². The summed E-state index contributed by atoms with van der Waals surface area (Å²) in [5, 5.41) is 15.3. The third-order valence-electron chi connectivity index (χ3n) is 4.22. The van der Waals surface area contributed by atoms with Crippen molar-refractivity contribution in [3.05, 3.63) is 81.5 Å². The Bertz CT molecular complexity index is 889. The van der Waals surface area contributed by atoms with E-state index in [0.717, 1.165) is 21.3 Å². The molecule has 2 aromatic carbocycles. The van der Waals surface area contributed by atoms with Gasteiger partial charge in [0.25, 0.3) is 0 Å². The van der Waals surface area contributed by atoms with Crippen LogP contribution in [0, 0.1) is 15.2 Å². The number of likely N-dealkylation sites (N-methyl/N-ethyl adjacent to an activating group) is 1. The van der Waals surface area contributed by atoms with Crippen molar-refractivity contribution in [2.24, 2.45) is 0 Å². The molecule has 0 aliphatic carbocycles. The molecule has 1 N–H and O–H groups in total. The van der Waals surface area contributed by atoms with Gasteiger partial charge in [-0.2, -0.15) is 5.10 Å². The third-order valence-corrected chi connectivity index (χ3v) is 4.94. The molecule has 0 aliphatic rings. The van der Waals surface area contributed by atoms with Gasteiger partial charge in [-0.15, -0.1) is 0 Å². The van der Waals surface area contributed by atoms with Crippen molar-refractivity contribution in [2.75, 3.05) is 13.6 Å². The quantitative estimate of drug-likeness (QED) is 0.524. The van der Waals surface area contributed by atoms with Crippen LogP contribution < -0.4 is 0 Å². The lowest BCUT2D eigenvalue weighted by Crippen LogP contribution is -2.43. The molecule has 8 heteroatoms. The standard InChI is InChI=1S/C19H19F2IN4O/c1-25(9-14-2-5-16(22)6-3-14)10-19(27,11-26-13-23-12-24-26)17-7-4-15(20)8-18(17)21/h2-8,12-13,27H,9-11H2,1H3/t19-/m0/s1. The maximum Gasteiger partial charge on any atom is 0.137 e. The van der Waals surface area contributed by atoms with Crippen LogP contribution in [0.2, 0.25) is 0 Å². The van der Waals surface area contributed by atoms with Gasteiger partial charge >= 0.3 is 0 Å². The summed E-state index contributed by atoms with van der Waals surface area (Å²) in [6, 6.07) is 11.2. The Morgan fingerprint density at radius 1 is 1.19 bits per heavy atom. The minimum absolute atomic E-state index is 0.00736. The van der Waals surface area contributed by atoms with E-state index >= 15 is 0 Å². The van der Waals surface area contributed by atoms with Crippen LogP contribution in [0.25, 0.3) is 0 Å². The summed E-state index contributed by atoms with van der Waals surface area (Å²) in [7, 11) is 1.84. The van der Waals surface area contributed by atoms with Crippen LogP contribution in [0.4, 0.5) is 8.78 Å². The van der Waals surface area contributed by atoms with Crippen LogP contribution in [0.15, 0.2) is 55.1 Å². The van der Waals surface area contributed by atoms with E-state index in [0.29, 0.717) is 6.54 Å². The molecule has 0 amide bonds. The third kappa shape index (κ3) is 5.08. The van der Waals surface area contributed by atoms with E-state index in [-0.39, 0.29) is 18.7 Å². The molecule has 27 heavy (non-hydrogen) atoms. The van der Waals surface area contributed by atoms with Crippen LogP contribution in [0.3, 0.4) is 0 Å². The molecule has 0 bridgehead atoms. The zero-order chi connectivity index (χ0) is 19.4. The largest absolute Gasteiger partial charge is 0.382 e. The van der Waals surface area contributed by atoms with Crippen molar-refractivity contribution in [2.45, 2.75) is 18.7 Å².